The molecule has 2 aromatic carbocycles. The molecule has 0 saturated heterocycles. The molecule has 28 heavy (non-hydrogen) atoms. The van der Waals surface area contributed by atoms with Crippen LogP contribution >= 0.6 is 11.3 Å². The van der Waals surface area contributed by atoms with Gasteiger partial charge in [-0.25, -0.2) is 4.79 Å². The summed E-state index contributed by atoms with van der Waals surface area (Å²) in [7, 11) is 0. The number of ether oxygens (including phenoxy) is 3. The quantitative estimate of drug-likeness (QED) is 0.348. The van der Waals surface area contributed by atoms with E-state index < -0.39 is 5.97 Å². The van der Waals surface area contributed by atoms with E-state index in [0.717, 1.165) is 11.3 Å². The average Bonchev–Trinajstić information content (AvgIpc) is 3.33. The molecule has 3 aromatic rings. The number of ketones is 1. The van der Waals surface area contributed by atoms with Gasteiger partial charge in [-0.15, -0.1) is 11.3 Å². The van der Waals surface area contributed by atoms with Gasteiger partial charge in [0.1, 0.15) is 22.1 Å². The van der Waals surface area contributed by atoms with Gasteiger partial charge in [-0.1, -0.05) is 18.2 Å². The molecule has 0 N–H and O–H groups in total. The van der Waals surface area contributed by atoms with E-state index in [9.17, 15) is 9.59 Å². The van der Waals surface area contributed by atoms with Crippen LogP contribution in [0.1, 0.15) is 32.5 Å². The maximum Gasteiger partial charge on any atom is 0.353 e. The second-order valence-electron chi connectivity index (χ2n) is 5.97. The van der Waals surface area contributed by atoms with E-state index in [1.165, 1.54) is 11.3 Å². The number of allylic oxidation sites excluding steroid dienone is 1. The summed E-state index contributed by atoms with van der Waals surface area (Å²) in [5.41, 5.74) is 1.26. The minimum atomic E-state index is -0.440. The normalized spacial score (nSPS) is 13.9. The summed E-state index contributed by atoms with van der Waals surface area (Å²) in [6.07, 6.45) is 1.68. The minimum absolute atomic E-state index is 0.208. The van der Waals surface area contributed by atoms with Crippen LogP contribution in [-0.4, -0.2) is 18.4 Å². The molecule has 0 saturated carbocycles. The van der Waals surface area contributed by atoms with Crippen molar-refractivity contribution in [1.82, 2.24) is 0 Å². The third kappa shape index (κ3) is 3.68. The monoisotopic (exact) mass is 392 g/mol. The van der Waals surface area contributed by atoms with Crippen molar-refractivity contribution < 1.29 is 23.8 Å². The first kappa shape index (κ1) is 18.0. The van der Waals surface area contributed by atoms with Gasteiger partial charge in [0.2, 0.25) is 5.78 Å². The molecule has 140 valence electrons. The number of hydrogen-bond donors (Lipinski definition) is 0. The molecule has 2 heterocycles. The van der Waals surface area contributed by atoms with Gasteiger partial charge in [-0.2, -0.15) is 0 Å². The van der Waals surface area contributed by atoms with Crippen LogP contribution in [0.5, 0.6) is 17.2 Å². The van der Waals surface area contributed by atoms with Crippen molar-refractivity contribution in [2.45, 2.75) is 6.92 Å². The predicted molar refractivity (Wildman–Crippen MR) is 106 cm³/mol. The van der Waals surface area contributed by atoms with E-state index >= 15 is 0 Å². The molecule has 1 aliphatic heterocycles. The average molecular weight is 392 g/mol. The SMILES string of the molecule is CCOc1ccc(/C=C2\Oc3cc(OC(=O)c4cccs4)ccc3C2=O)cc1. The summed E-state index contributed by atoms with van der Waals surface area (Å²) in [6.45, 7) is 2.51. The summed E-state index contributed by atoms with van der Waals surface area (Å²) in [6, 6.07) is 15.6. The lowest BCUT2D eigenvalue weighted by Gasteiger charge is -2.04. The number of carbonyl (C=O) groups excluding carboxylic acids is 2. The Hall–Kier alpha value is -3.38. The van der Waals surface area contributed by atoms with Crippen LogP contribution in [0.4, 0.5) is 0 Å². The standard InChI is InChI=1S/C22H16O5S/c1-2-25-15-7-5-14(6-8-15)12-19-21(23)17-10-9-16(13-18(17)27-19)26-22(24)20-4-3-11-28-20/h3-13H,2H2,1H3/b19-12-. The molecule has 0 fully saturated rings. The van der Waals surface area contributed by atoms with Gasteiger partial charge in [0.05, 0.1) is 12.2 Å². The van der Waals surface area contributed by atoms with Crippen LogP contribution in [0.3, 0.4) is 0 Å². The first-order chi connectivity index (χ1) is 13.6. The fraction of sp³-hybridized carbons (Fsp3) is 0.0909. The lowest BCUT2D eigenvalue weighted by Crippen LogP contribution is -2.06. The van der Waals surface area contributed by atoms with Gasteiger partial charge in [-0.3, -0.25) is 4.79 Å². The van der Waals surface area contributed by atoms with Crippen molar-refractivity contribution in [2.75, 3.05) is 6.61 Å². The van der Waals surface area contributed by atoms with Crippen LogP contribution < -0.4 is 14.2 Å². The summed E-state index contributed by atoms with van der Waals surface area (Å²) in [5, 5.41) is 1.80. The molecule has 0 aliphatic carbocycles. The molecule has 0 spiro atoms. The number of Topliss-reactive ketones (excluding diaryl/α,β-unsaturated/α-hetero) is 1. The lowest BCUT2D eigenvalue weighted by molar-refractivity contribution is 0.0739. The molecule has 1 aliphatic rings. The van der Waals surface area contributed by atoms with E-state index in [0.29, 0.717) is 28.5 Å². The second-order valence-corrected chi connectivity index (χ2v) is 6.91. The Balaban J connectivity index is 1.52. The first-order valence-corrected chi connectivity index (χ1v) is 9.59. The van der Waals surface area contributed by atoms with Crippen LogP contribution in [0.15, 0.2) is 65.7 Å². The summed E-state index contributed by atoms with van der Waals surface area (Å²) in [5.74, 6) is 1.04. The summed E-state index contributed by atoms with van der Waals surface area (Å²) < 4.78 is 16.5. The maximum atomic E-state index is 12.6. The highest BCUT2D eigenvalue weighted by Gasteiger charge is 2.28. The van der Waals surface area contributed by atoms with Gasteiger partial charge in [0.15, 0.2) is 5.76 Å². The van der Waals surface area contributed by atoms with Crippen LogP contribution in [-0.2, 0) is 0 Å². The number of carbonyl (C=O) groups is 2. The van der Waals surface area contributed by atoms with Gasteiger partial charge < -0.3 is 14.2 Å². The Kier molecular flexibility index (Phi) is 4.95. The van der Waals surface area contributed by atoms with Gasteiger partial charge in [-0.05, 0) is 54.3 Å². The van der Waals surface area contributed by atoms with Crippen molar-refractivity contribution in [3.63, 3.8) is 0 Å². The van der Waals surface area contributed by atoms with Crippen LogP contribution in [0.2, 0.25) is 0 Å². The number of thiophene rings is 1. The molecule has 0 atom stereocenters. The Bertz CT molecular complexity index is 1050. The predicted octanol–water partition coefficient (Wildman–Crippen LogP) is 4.98. The third-order valence-corrected chi connectivity index (χ3v) is 4.91. The largest absolute Gasteiger partial charge is 0.494 e. The minimum Gasteiger partial charge on any atom is -0.494 e. The van der Waals surface area contributed by atoms with Crippen molar-refractivity contribution in [3.8, 4) is 17.2 Å². The molecule has 1 aromatic heterocycles. The van der Waals surface area contributed by atoms with E-state index in [2.05, 4.69) is 0 Å². The zero-order valence-electron chi connectivity index (χ0n) is 15.0. The molecule has 6 heteroatoms. The molecule has 0 bridgehead atoms. The molecule has 0 unspecified atom stereocenters. The van der Waals surface area contributed by atoms with Gasteiger partial charge >= 0.3 is 5.97 Å². The fourth-order valence-electron chi connectivity index (χ4n) is 2.76. The number of benzene rings is 2. The van der Waals surface area contributed by atoms with Crippen LogP contribution in [0.25, 0.3) is 6.08 Å². The molecule has 4 rings (SSSR count). The second kappa shape index (κ2) is 7.70. The summed E-state index contributed by atoms with van der Waals surface area (Å²) >= 11 is 1.30. The van der Waals surface area contributed by atoms with E-state index in [-0.39, 0.29) is 11.5 Å². The molecule has 5 nitrogen and oxygen atoms in total. The van der Waals surface area contributed by atoms with Crippen molar-refractivity contribution in [3.05, 3.63) is 81.7 Å². The first-order valence-electron chi connectivity index (χ1n) is 8.71. The lowest BCUT2D eigenvalue weighted by atomic mass is 10.1. The molecular formula is C22H16O5S. The highest BCUT2D eigenvalue weighted by molar-refractivity contribution is 7.12. The van der Waals surface area contributed by atoms with E-state index in [1.54, 1.807) is 41.8 Å². The number of fused-ring (bicyclic) bond motifs is 1. The zero-order chi connectivity index (χ0) is 19.5. The fourth-order valence-corrected chi connectivity index (χ4v) is 3.36. The Labute approximate surface area is 165 Å². The third-order valence-electron chi connectivity index (χ3n) is 4.06. The topological polar surface area (TPSA) is 61.8 Å². The molecular weight excluding hydrogens is 376 g/mol. The number of rotatable bonds is 5. The van der Waals surface area contributed by atoms with Crippen LogP contribution in [0, 0.1) is 0 Å². The maximum absolute atomic E-state index is 12.6. The van der Waals surface area contributed by atoms with Crippen molar-refractivity contribution >= 4 is 29.2 Å². The molecule has 0 amide bonds. The smallest absolute Gasteiger partial charge is 0.353 e. The van der Waals surface area contributed by atoms with Gasteiger partial charge in [0, 0.05) is 6.07 Å². The Morgan fingerprint density at radius 1 is 1.11 bits per heavy atom. The Morgan fingerprint density at radius 2 is 1.89 bits per heavy atom. The zero-order valence-corrected chi connectivity index (χ0v) is 15.8. The molecule has 0 radical (unpaired) electrons. The van der Waals surface area contributed by atoms with Crippen molar-refractivity contribution in [2.24, 2.45) is 0 Å². The summed E-state index contributed by atoms with van der Waals surface area (Å²) in [4.78, 5) is 25.2. The van der Waals surface area contributed by atoms with E-state index in [1.807, 2.05) is 31.2 Å². The number of esters is 1. The van der Waals surface area contributed by atoms with Crippen molar-refractivity contribution in [1.29, 1.82) is 0 Å². The van der Waals surface area contributed by atoms with E-state index in [4.69, 9.17) is 14.2 Å². The van der Waals surface area contributed by atoms with Gasteiger partial charge in [0.25, 0.3) is 0 Å². The number of hydrogen-bond acceptors (Lipinski definition) is 6. The Morgan fingerprint density at radius 3 is 2.61 bits per heavy atom. The highest BCUT2D eigenvalue weighted by atomic mass is 32.1. The highest BCUT2D eigenvalue weighted by Crippen LogP contribution is 2.35.